The Kier molecular flexibility index (Phi) is 8.97. The monoisotopic (exact) mass is 388 g/mol. The van der Waals surface area contributed by atoms with Gasteiger partial charge in [0.2, 0.25) is 5.91 Å². The maximum Gasteiger partial charge on any atom is 0.332 e. The molecule has 0 aliphatic carbocycles. The predicted molar refractivity (Wildman–Crippen MR) is 113 cm³/mol. The summed E-state index contributed by atoms with van der Waals surface area (Å²) in [5.41, 5.74) is -0.144. The zero-order valence-electron chi connectivity index (χ0n) is 17.8. The molecule has 0 radical (unpaired) electrons. The van der Waals surface area contributed by atoms with Crippen LogP contribution in [0.4, 0.5) is 5.69 Å². The average molecular weight is 389 g/mol. The largest absolute Gasteiger partial charge is 0.467 e. The van der Waals surface area contributed by atoms with Gasteiger partial charge in [-0.05, 0) is 37.9 Å². The predicted octanol–water partition coefficient (Wildman–Crippen LogP) is 4.41. The first-order chi connectivity index (χ1) is 13.6. The van der Waals surface area contributed by atoms with E-state index in [1.54, 1.807) is 4.90 Å². The second-order valence-electron chi connectivity index (χ2n) is 7.70. The number of anilines is 1. The molecule has 28 heavy (non-hydrogen) atoms. The van der Waals surface area contributed by atoms with Gasteiger partial charge in [-0.3, -0.25) is 9.69 Å². The molecule has 0 spiro atoms. The zero-order chi connectivity index (χ0) is 20.4. The summed E-state index contributed by atoms with van der Waals surface area (Å²) in [6, 6.07) is 9.53. The molecule has 1 aliphatic heterocycles. The van der Waals surface area contributed by atoms with Crippen molar-refractivity contribution in [2.45, 2.75) is 70.8 Å². The van der Waals surface area contributed by atoms with Crippen LogP contribution in [-0.2, 0) is 14.3 Å². The number of unbranched alkanes of at least 4 members (excludes halogenated alkanes) is 4. The number of methoxy groups -OCH3 is 1. The molecule has 0 atom stereocenters. The van der Waals surface area contributed by atoms with E-state index in [1.807, 2.05) is 37.3 Å². The molecule has 2 rings (SSSR count). The van der Waals surface area contributed by atoms with Crippen molar-refractivity contribution in [2.75, 3.05) is 31.6 Å². The van der Waals surface area contributed by atoms with Crippen molar-refractivity contribution >= 4 is 17.6 Å². The zero-order valence-corrected chi connectivity index (χ0v) is 17.8. The fourth-order valence-electron chi connectivity index (χ4n) is 4.16. The second-order valence-corrected chi connectivity index (χ2v) is 7.70. The van der Waals surface area contributed by atoms with E-state index >= 15 is 0 Å². The summed E-state index contributed by atoms with van der Waals surface area (Å²) in [5, 5.41) is 0. The summed E-state index contributed by atoms with van der Waals surface area (Å²) in [5.74, 6) is -0.342. The highest BCUT2D eigenvalue weighted by Crippen LogP contribution is 2.35. The second kappa shape index (κ2) is 11.2. The molecule has 0 N–H and O–H groups in total. The topological polar surface area (TPSA) is 49.9 Å². The minimum Gasteiger partial charge on any atom is -0.467 e. The number of nitrogens with zero attached hydrogens (tertiary/aromatic N) is 2. The number of hydrogen-bond donors (Lipinski definition) is 0. The van der Waals surface area contributed by atoms with E-state index in [2.05, 4.69) is 11.8 Å². The molecule has 1 heterocycles. The van der Waals surface area contributed by atoms with Gasteiger partial charge in [-0.2, -0.15) is 0 Å². The number of hydrogen-bond acceptors (Lipinski definition) is 4. The van der Waals surface area contributed by atoms with E-state index in [1.165, 1.54) is 39.2 Å². The van der Waals surface area contributed by atoms with E-state index in [4.69, 9.17) is 4.74 Å². The lowest BCUT2D eigenvalue weighted by molar-refractivity contribution is -0.151. The van der Waals surface area contributed by atoms with Gasteiger partial charge in [0, 0.05) is 25.2 Å². The van der Waals surface area contributed by atoms with Gasteiger partial charge in [0.25, 0.3) is 0 Å². The van der Waals surface area contributed by atoms with Crippen LogP contribution in [0.5, 0.6) is 0 Å². The van der Waals surface area contributed by atoms with Gasteiger partial charge in [0.15, 0.2) is 0 Å². The number of rotatable bonds is 10. The fraction of sp³-hybridized carbons (Fsp3) is 0.652. The standard InChI is InChI=1S/C23H36N2O3/c1-4-6-7-8-12-17-24-18-15-23(16-19-24,22(27)28-3)25(21(26)5-2)20-13-10-9-11-14-20/h9-11,13-14H,4-8,12,15-19H2,1-3H3. The van der Waals surface area contributed by atoms with Crippen LogP contribution in [0, 0.1) is 0 Å². The summed E-state index contributed by atoms with van der Waals surface area (Å²) in [4.78, 5) is 30.0. The SMILES string of the molecule is CCCCCCCN1CCC(C(=O)OC)(N(C(=O)CC)c2ccccc2)CC1. The van der Waals surface area contributed by atoms with E-state index in [0.717, 1.165) is 25.3 Å². The summed E-state index contributed by atoms with van der Waals surface area (Å²) < 4.78 is 5.20. The van der Waals surface area contributed by atoms with Crippen LogP contribution >= 0.6 is 0 Å². The molecular formula is C23H36N2O3. The van der Waals surface area contributed by atoms with Crippen molar-refractivity contribution in [3.8, 4) is 0 Å². The number of esters is 1. The molecular weight excluding hydrogens is 352 g/mol. The third-order valence-corrected chi connectivity index (χ3v) is 5.82. The van der Waals surface area contributed by atoms with E-state index in [0.29, 0.717) is 19.3 Å². The van der Waals surface area contributed by atoms with Crippen molar-refractivity contribution in [3.63, 3.8) is 0 Å². The molecule has 1 fully saturated rings. The summed E-state index contributed by atoms with van der Waals surface area (Å²) in [6.45, 7) is 6.75. The van der Waals surface area contributed by atoms with Gasteiger partial charge < -0.3 is 9.64 Å². The number of ether oxygens (including phenoxy) is 1. The lowest BCUT2D eigenvalue weighted by Gasteiger charge is -2.46. The maximum atomic E-state index is 12.9. The molecule has 1 aromatic rings. The molecule has 5 nitrogen and oxygen atoms in total. The molecule has 5 heteroatoms. The number of amides is 1. The fourth-order valence-corrected chi connectivity index (χ4v) is 4.16. The number of piperidine rings is 1. The van der Waals surface area contributed by atoms with Gasteiger partial charge in [0.05, 0.1) is 7.11 Å². The summed E-state index contributed by atoms with van der Waals surface area (Å²) in [6.07, 6.45) is 7.88. The van der Waals surface area contributed by atoms with Crippen molar-refractivity contribution in [2.24, 2.45) is 0 Å². The number of para-hydroxylation sites is 1. The van der Waals surface area contributed by atoms with Crippen LogP contribution in [0.25, 0.3) is 0 Å². The smallest absolute Gasteiger partial charge is 0.332 e. The van der Waals surface area contributed by atoms with Crippen molar-refractivity contribution in [1.82, 2.24) is 4.90 Å². The van der Waals surface area contributed by atoms with Crippen LogP contribution in [0.15, 0.2) is 30.3 Å². The highest BCUT2D eigenvalue weighted by molar-refractivity contribution is 6.02. The molecule has 0 aromatic heterocycles. The Morgan fingerprint density at radius 3 is 2.25 bits per heavy atom. The Hall–Kier alpha value is -1.88. The van der Waals surface area contributed by atoms with Crippen molar-refractivity contribution < 1.29 is 14.3 Å². The Labute approximate surface area is 170 Å². The summed E-state index contributed by atoms with van der Waals surface area (Å²) >= 11 is 0. The number of carbonyl (C=O) groups excluding carboxylic acids is 2. The molecule has 156 valence electrons. The Balaban J connectivity index is 2.14. The van der Waals surface area contributed by atoms with Crippen LogP contribution in [0.3, 0.4) is 0 Å². The number of benzene rings is 1. The molecule has 1 amide bonds. The van der Waals surface area contributed by atoms with E-state index < -0.39 is 5.54 Å². The minimum atomic E-state index is -0.915. The highest BCUT2D eigenvalue weighted by atomic mass is 16.5. The van der Waals surface area contributed by atoms with Gasteiger partial charge in [-0.15, -0.1) is 0 Å². The Morgan fingerprint density at radius 2 is 1.68 bits per heavy atom. The first kappa shape index (κ1) is 22.4. The molecule has 0 unspecified atom stereocenters. The average Bonchev–Trinajstić information content (AvgIpc) is 2.74. The van der Waals surface area contributed by atoms with Gasteiger partial charge >= 0.3 is 5.97 Å². The highest BCUT2D eigenvalue weighted by Gasteiger charge is 2.49. The van der Waals surface area contributed by atoms with E-state index in [9.17, 15) is 9.59 Å². The third-order valence-electron chi connectivity index (χ3n) is 5.82. The van der Waals surface area contributed by atoms with Crippen molar-refractivity contribution in [3.05, 3.63) is 30.3 Å². The van der Waals surface area contributed by atoms with Gasteiger partial charge in [-0.1, -0.05) is 57.7 Å². The first-order valence-electron chi connectivity index (χ1n) is 10.8. The Bertz CT molecular complexity index is 610. The molecule has 1 aliphatic rings. The number of likely N-dealkylation sites (tertiary alicyclic amines) is 1. The van der Waals surface area contributed by atoms with E-state index in [-0.39, 0.29) is 11.9 Å². The third kappa shape index (κ3) is 5.34. The maximum absolute atomic E-state index is 12.9. The van der Waals surface area contributed by atoms with Crippen molar-refractivity contribution in [1.29, 1.82) is 0 Å². The van der Waals surface area contributed by atoms with Crippen LogP contribution < -0.4 is 4.90 Å². The minimum absolute atomic E-state index is 0.0374. The van der Waals surface area contributed by atoms with Crippen LogP contribution in [0.1, 0.15) is 65.2 Å². The lowest BCUT2D eigenvalue weighted by Crippen LogP contribution is -2.62. The van der Waals surface area contributed by atoms with Crippen LogP contribution in [-0.4, -0.2) is 49.1 Å². The molecule has 0 saturated carbocycles. The normalized spacial score (nSPS) is 16.5. The number of carbonyl (C=O) groups is 2. The van der Waals surface area contributed by atoms with Crippen LogP contribution in [0.2, 0.25) is 0 Å². The first-order valence-corrected chi connectivity index (χ1v) is 10.8. The Morgan fingerprint density at radius 1 is 1.04 bits per heavy atom. The van der Waals surface area contributed by atoms with Gasteiger partial charge in [0.1, 0.15) is 5.54 Å². The molecule has 1 aromatic carbocycles. The summed E-state index contributed by atoms with van der Waals surface area (Å²) in [7, 11) is 1.42. The molecule has 1 saturated heterocycles. The van der Waals surface area contributed by atoms with Gasteiger partial charge in [-0.25, -0.2) is 4.79 Å². The quantitative estimate of drug-likeness (QED) is 0.440. The lowest BCUT2D eigenvalue weighted by atomic mass is 9.84. The molecule has 0 bridgehead atoms.